The number of rotatable bonds is 5. The van der Waals surface area contributed by atoms with E-state index in [0.717, 1.165) is 16.7 Å². The standard InChI is InChI=1S/C20H19NO4/c1-14(16-5-3-2-4-6-16)11-19(22)25-18-9-7-15(8-10-18)12-17-13-24-20(23)21-17/h2-11,17H,12-13H2,1H3,(H,21,23)/b14-11+/t17-/m1/s1. The van der Waals surface area contributed by atoms with Crippen molar-refractivity contribution in [3.05, 3.63) is 71.8 Å². The Kier molecular flexibility index (Phi) is 5.14. The summed E-state index contributed by atoms with van der Waals surface area (Å²) in [4.78, 5) is 23.0. The highest BCUT2D eigenvalue weighted by molar-refractivity contribution is 5.92. The van der Waals surface area contributed by atoms with Gasteiger partial charge in [0.25, 0.3) is 0 Å². The van der Waals surface area contributed by atoms with Crippen LogP contribution in [0.25, 0.3) is 5.57 Å². The van der Waals surface area contributed by atoms with Crippen LogP contribution in [0.5, 0.6) is 5.75 Å². The second kappa shape index (κ2) is 7.66. The van der Waals surface area contributed by atoms with Gasteiger partial charge < -0.3 is 14.8 Å². The van der Waals surface area contributed by atoms with Gasteiger partial charge in [-0.05, 0) is 42.2 Å². The van der Waals surface area contributed by atoms with Crippen molar-refractivity contribution in [1.29, 1.82) is 0 Å². The Hall–Kier alpha value is -3.08. The van der Waals surface area contributed by atoms with Crippen LogP contribution in [0.4, 0.5) is 4.79 Å². The minimum atomic E-state index is -0.412. The van der Waals surface area contributed by atoms with Crippen LogP contribution in [0.3, 0.4) is 0 Å². The van der Waals surface area contributed by atoms with Crippen LogP contribution >= 0.6 is 0 Å². The Morgan fingerprint density at radius 3 is 2.56 bits per heavy atom. The lowest BCUT2D eigenvalue weighted by molar-refractivity contribution is -0.128. The third-order valence-electron chi connectivity index (χ3n) is 3.92. The molecule has 5 nitrogen and oxygen atoms in total. The molecule has 5 heteroatoms. The molecule has 1 aliphatic rings. The van der Waals surface area contributed by atoms with Crippen LogP contribution < -0.4 is 10.1 Å². The van der Waals surface area contributed by atoms with E-state index >= 15 is 0 Å². The molecule has 0 bridgehead atoms. The van der Waals surface area contributed by atoms with Crippen LogP contribution in [-0.4, -0.2) is 24.7 Å². The van der Waals surface area contributed by atoms with Crippen LogP contribution in [0, 0.1) is 0 Å². The van der Waals surface area contributed by atoms with Gasteiger partial charge in [0.15, 0.2) is 0 Å². The van der Waals surface area contributed by atoms with Gasteiger partial charge in [0, 0.05) is 6.08 Å². The third kappa shape index (κ3) is 4.70. The number of amides is 1. The van der Waals surface area contributed by atoms with Crippen LogP contribution in [0.1, 0.15) is 18.1 Å². The first-order valence-corrected chi connectivity index (χ1v) is 8.08. The monoisotopic (exact) mass is 337 g/mol. The van der Waals surface area contributed by atoms with E-state index in [-0.39, 0.29) is 12.1 Å². The summed E-state index contributed by atoms with van der Waals surface area (Å²) in [5.74, 6) is 0.0723. The lowest BCUT2D eigenvalue weighted by Crippen LogP contribution is -2.28. The molecule has 0 saturated carbocycles. The van der Waals surface area contributed by atoms with Crippen molar-refractivity contribution in [2.24, 2.45) is 0 Å². The van der Waals surface area contributed by atoms with Gasteiger partial charge in [0.2, 0.25) is 0 Å². The van der Waals surface area contributed by atoms with Crippen LogP contribution in [-0.2, 0) is 16.0 Å². The molecule has 1 atom stereocenters. The number of hydrogen-bond donors (Lipinski definition) is 1. The number of ether oxygens (including phenoxy) is 2. The summed E-state index contributed by atoms with van der Waals surface area (Å²) in [6.07, 6.45) is 1.78. The number of carbonyl (C=O) groups excluding carboxylic acids is 2. The quantitative estimate of drug-likeness (QED) is 0.516. The number of carbonyl (C=O) groups is 2. The molecule has 1 aliphatic heterocycles. The molecule has 1 N–H and O–H groups in total. The maximum atomic E-state index is 12.0. The average molecular weight is 337 g/mol. The van der Waals surface area contributed by atoms with Crippen molar-refractivity contribution in [2.75, 3.05) is 6.61 Å². The molecule has 0 aliphatic carbocycles. The van der Waals surface area contributed by atoms with Crippen molar-refractivity contribution in [3.8, 4) is 5.75 Å². The van der Waals surface area contributed by atoms with Gasteiger partial charge in [-0.2, -0.15) is 0 Å². The number of allylic oxidation sites excluding steroid dienone is 1. The summed E-state index contributed by atoms with van der Waals surface area (Å²) < 4.78 is 10.2. The van der Waals surface area contributed by atoms with E-state index in [0.29, 0.717) is 18.8 Å². The molecule has 0 spiro atoms. The summed E-state index contributed by atoms with van der Waals surface area (Å²) >= 11 is 0. The molecule has 0 unspecified atom stereocenters. The molecule has 1 fully saturated rings. The maximum absolute atomic E-state index is 12.0. The largest absolute Gasteiger partial charge is 0.447 e. The Labute approximate surface area is 146 Å². The number of alkyl carbamates (subject to hydrolysis) is 1. The fourth-order valence-electron chi connectivity index (χ4n) is 2.62. The first-order chi connectivity index (χ1) is 12.1. The third-order valence-corrected chi connectivity index (χ3v) is 3.92. The highest BCUT2D eigenvalue weighted by Gasteiger charge is 2.22. The predicted octanol–water partition coefficient (Wildman–Crippen LogP) is 3.35. The van der Waals surface area contributed by atoms with Gasteiger partial charge in [0.05, 0.1) is 6.04 Å². The zero-order chi connectivity index (χ0) is 17.6. The van der Waals surface area contributed by atoms with E-state index in [1.54, 1.807) is 12.1 Å². The lowest BCUT2D eigenvalue weighted by atomic mass is 10.1. The zero-order valence-corrected chi connectivity index (χ0v) is 13.9. The van der Waals surface area contributed by atoms with E-state index in [9.17, 15) is 9.59 Å². The Balaban J connectivity index is 1.57. The van der Waals surface area contributed by atoms with Crippen LogP contribution in [0.2, 0.25) is 0 Å². The number of nitrogens with one attached hydrogen (secondary N) is 1. The van der Waals surface area contributed by atoms with Gasteiger partial charge in [-0.1, -0.05) is 42.5 Å². The van der Waals surface area contributed by atoms with Gasteiger partial charge in [-0.3, -0.25) is 0 Å². The molecular weight excluding hydrogens is 318 g/mol. The number of esters is 1. The van der Waals surface area contributed by atoms with Crippen molar-refractivity contribution in [2.45, 2.75) is 19.4 Å². The number of benzene rings is 2. The minimum absolute atomic E-state index is 0.0163. The number of hydrogen-bond acceptors (Lipinski definition) is 4. The average Bonchev–Trinajstić information content (AvgIpc) is 3.02. The minimum Gasteiger partial charge on any atom is -0.447 e. The first-order valence-electron chi connectivity index (χ1n) is 8.08. The van der Waals surface area contributed by atoms with Gasteiger partial charge >= 0.3 is 12.1 Å². The summed E-state index contributed by atoms with van der Waals surface area (Å²) in [6, 6.07) is 16.9. The topological polar surface area (TPSA) is 64.6 Å². The molecule has 1 heterocycles. The Bertz CT molecular complexity index is 781. The highest BCUT2D eigenvalue weighted by Crippen LogP contribution is 2.17. The van der Waals surface area contributed by atoms with E-state index in [1.807, 2.05) is 49.4 Å². The molecular formula is C20H19NO4. The molecule has 2 aromatic rings. The zero-order valence-electron chi connectivity index (χ0n) is 13.9. The molecule has 3 rings (SSSR count). The normalized spacial score (nSPS) is 16.9. The molecule has 128 valence electrons. The van der Waals surface area contributed by atoms with Crippen molar-refractivity contribution in [1.82, 2.24) is 5.32 Å². The molecule has 25 heavy (non-hydrogen) atoms. The fraction of sp³-hybridized carbons (Fsp3) is 0.200. The summed E-state index contributed by atoms with van der Waals surface area (Å²) in [5, 5.41) is 2.73. The van der Waals surface area contributed by atoms with Gasteiger partial charge in [-0.15, -0.1) is 0 Å². The van der Waals surface area contributed by atoms with Crippen molar-refractivity contribution >= 4 is 17.6 Å². The SMILES string of the molecule is C/C(=C\C(=O)Oc1ccc(C[C@@H]2COC(=O)N2)cc1)c1ccccc1. The van der Waals surface area contributed by atoms with E-state index < -0.39 is 5.97 Å². The Morgan fingerprint density at radius 2 is 1.92 bits per heavy atom. The van der Waals surface area contributed by atoms with E-state index in [1.165, 1.54) is 6.08 Å². The van der Waals surface area contributed by atoms with Gasteiger partial charge in [-0.25, -0.2) is 9.59 Å². The fourth-order valence-corrected chi connectivity index (χ4v) is 2.62. The predicted molar refractivity (Wildman–Crippen MR) is 94.1 cm³/mol. The van der Waals surface area contributed by atoms with Crippen molar-refractivity contribution < 1.29 is 19.1 Å². The Morgan fingerprint density at radius 1 is 1.20 bits per heavy atom. The molecule has 0 aromatic heterocycles. The molecule has 2 aromatic carbocycles. The molecule has 0 radical (unpaired) electrons. The van der Waals surface area contributed by atoms with Crippen LogP contribution in [0.15, 0.2) is 60.7 Å². The smallest absolute Gasteiger partial charge is 0.407 e. The maximum Gasteiger partial charge on any atom is 0.407 e. The second-order valence-corrected chi connectivity index (χ2v) is 5.90. The summed E-state index contributed by atoms with van der Waals surface area (Å²) in [5.41, 5.74) is 2.86. The first kappa shape index (κ1) is 16.8. The van der Waals surface area contributed by atoms with E-state index in [2.05, 4.69) is 5.32 Å². The molecule has 1 saturated heterocycles. The second-order valence-electron chi connectivity index (χ2n) is 5.90. The summed E-state index contributed by atoms with van der Waals surface area (Å²) in [6.45, 7) is 2.25. The molecule has 1 amide bonds. The van der Waals surface area contributed by atoms with Crippen molar-refractivity contribution in [3.63, 3.8) is 0 Å². The van der Waals surface area contributed by atoms with E-state index in [4.69, 9.17) is 9.47 Å². The van der Waals surface area contributed by atoms with Gasteiger partial charge in [0.1, 0.15) is 12.4 Å². The lowest BCUT2D eigenvalue weighted by Gasteiger charge is -2.08. The number of cyclic esters (lactones) is 1. The highest BCUT2D eigenvalue weighted by atomic mass is 16.6. The summed E-state index contributed by atoms with van der Waals surface area (Å²) in [7, 11) is 0.